The Bertz CT molecular complexity index is 710. The van der Waals surface area contributed by atoms with Crippen LogP contribution >= 0.6 is 0 Å². The van der Waals surface area contributed by atoms with Crippen molar-refractivity contribution in [2.45, 2.75) is 45.4 Å². The third-order valence-corrected chi connectivity index (χ3v) is 5.76. The molecule has 2 N–H and O–H groups in total. The molecule has 1 aliphatic heterocycles. The van der Waals surface area contributed by atoms with Gasteiger partial charge < -0.3 is 15.2 Å². The first-order valence-electron chi connectivity index (χ1n) is 9.75. The molecule has 1 saturated carbocycles. The van der Waals surface area contributed by atoms with E-state index in [1.165, 1.54) is 32.2 Å². The van der Waals surface area contributed by atoms with Crippen LogP contribution in [0.15, 0.2) is 29.3 Å². The van der Waals surface area contributed by atoms with Gasteiger partial charge in [0.2, 0.25) is 0 Å². The third kappa shape index (κ3) is 3.51. The Morgan fingerprint density at radius 1 is 1.32 bits per heavy atom. The molecule has 2 aliphatic rings. The Balaban J connectivity index is 1.32. The Morgan fingerprint density at radius 2 is 2.20 bits per heavy atom. The van der Waals surface area contributed by atoms with Crippen molar-refractivity contribution in [1.29, 1.82) is 0 Å². The number of aromatic nitrogens is 2. The second-order valence-corrected chi connectivity index (χ2v) is 7.56. The number of hydrogen-bond acceptors (Lipinski definition) is 2. The molecular weight excluding hydrogens is 310 g/mol. The van der Waals surface area contributed by atoms with Crippen LogP contribution in [0.3, 0.4) is 0 Å². The van der Waals surface area contributed by atoms with E-state index in [0.717, 1.165) is 55.3 Å². The molecule has 1 aromatic carbocycles. The van der Waals surface area contributed by atoms with Crippen molar-refractivity contribution in [2.75, 3.05) is 26.2 Å². The topological polar surface area (TPSA) is 56.3 Å². The third-order valence-electron chi connectivity index (χ3n) is 5.76. The molecule has 0 radical (unpaired) electrons. The van der Waals surface area contributed by atoms with Crippen LogP contribution in [-0.4, -0.2) is 47.0 Å². The maximum absolute atomic E-state index is 4.88. The predicted molar refractivity (Wildman–Crippen MR) is 103 cm³/mol. The highest BCUT2D eigenvalue weighted by Gasteiger charge is 2.43. The highest BCUT2D eigenvalue weighted by Crippen LogP contribution is 2.47. The van der Waals surface area contributed by atoms with E-state index in [9.17, 15) is 0 Å². The molecule has 4 rings (SSSR count). The minimum atomic E-state index is 0.616. The minimum Gasteiger partial charge on any atom is -0.357 e. The molecule has 2 heterocycles. The van der Waals surface area contributed by atoms with Crippen molar-refractivity contribution in [3.05, 3.63) is 30.1 Å². The quantitative estimate of drug-likeness (QED) is 0.499. The number of benzene rings is 1. The first-order chi connectivity index (χ1) is 12.3. The van der Waals surface area contributed by atoms with Gasteiger partial charge in [-0.15, -0.1) is 0 Å². The van der Waals surface area contributed by atoms with Crippen LogP contribution in [0.4, 0.5) is 0 Å². The summed E-state index contributed by atoms with van der Waals surface area (Å²) in [7, 11) is 0. The van der Waals surface area contributed by atoms with Gasteiger partial charge in [0.05, 0.1) is 11.0 Å². The molecule has 2 aromatic rings. The Kier molecular flexibility index (Phi) is 4.64. The van der Waals surface area contributed by atoms with Gasteiger partial charge in [0.15, 0.2) is 5.96 Å². The number of rotatable bonds is 5. The van der Waals surface area contributed by atoms with Crippen molar-refractivity contribution in [2.24, 2.45) is 10.4 Å². The predicted octanol–water partition coefficient (Wildman–Crippen LogP) is 3.34. The average molecular weight is 339 g/mol. The monoisotopic (exact) mass is 339 g/mol. The number of fused-ring (bicyclic) bond motifs is 1. The number of guanidine groups is 1. The van der Waals surface area contributed by atoms with Gasteiger partial charge in [-0.05, 0) is 50.2 Å². The molecular formula is C20H29N5. The number of nitrogens with zero attached hydrogens (tertiary/aromatic N) is 3. The van der Waals surface area contributed by atoms with E-state index in [2.05, 4.69) is 39.2 Å². The molecule has 1 saturated heterocycles. The summed E-state index contributed by atoms with van der Waals surface area (Å²) in [6.45, 7) is 6.30. The summed E-state index contributed by atoms with van der Waals surface area (Å²) >= 11 is 0. The van der Waals surface area contributed by atoms with Gasteiger partial charge in [0.1, 0.15) is 5.82 Å². The number of para-hydroxylation sites is 2. The number of aliphatic imine (C=N–C) groups is 1. The zero-order valence-electron chi connectivity index (χ0n) is 15.2. The van der Waals surface area contributed by atoms with Gasteiger partial charge in [-0.25, -0.2) is 4.98 Å². The fourth-order valence-corrected chi connectivity index (χ4v) is 4.18. The second-order valence-electron chi connectivity index (χ2n) is 7.56. The van der Waals surface area contributed by atoms with Crippen molar-refractivity contribution < 1.29 is 0 Å². The number of imidazole rings is 1. The van der Waals surface area contributed by atoms with E-state index in [4.69, 9.17) is 4.99 Å². The molecule has 0 atom stereocenters. The second kappa shape index (κ2) is 7.06. The molecule has 1 aliphatic carbocycles. The summed E-state index contributed by atoms with van der Waals surface area (Å²) in [5, 5.41) is 3.48. The van der Waals surface area contributed by atoms with Gasteiger partial charge in [0, 0.05) is 32.6 Å². The van der Waals surface area contributed by atoms with Crippen LogP contribution in [0.5, 0.6) is 0 Å². The number of nitrogens with one attached hydrogen (secondary N) is 2. The fourth-order valence-electron chi connectivity index (χ4n) is 4.18. The van der Waals surface area contributed by atoms with Crippen LogP contribution in [0.25, 0.3) is 11.0 Å². The molecule has 0 amide bonds. The SMILES string of the molecule is CCNC(=NCCCc1nc2ccccc2[nH]1)N1CCC2(CCC2)C1. The Labute approximate surface area is 149 Å². The Morgan fingerprint density at radius 3 is 2.92 bits per heavy atom. The highest BCUT2D eigenvalue weighted by molar-refractivity contribution is 5.80. The molecule has 5 nitrogen and oxygen atoms in total. The van der Waals surface area contributed by atoms with Crippen LogP contribution in [-0.2, 0) is 6.42 Å². The summed E-state index contributed by atoms with van der Waals surface area (Å²) in [6.07, 6.45) is 7.55. The zero-order chi connectivity index (χ0) is 17.1. The maximum Gasteiger partial charge on any atom is 0.193 e. The van der Waals surface area contributed by atoms with Crippen LogP contribution < -0.4 is 5.32 Å². The van der Waals surface area contributed by atoms with Gasteiger partial charge in [-0.3, -0.25) is 4.99 Å². The van der Waals surface area contributed by atoms with E-state index in [1.807, 2.05) is 12.1 Å². The summed E-state index contributed by atoms with van der Waals surface area (Å²) in [5.41, 5.74) is 2.79. The number of likely N-dealkylation sites (tertiary alicyclic amines) is 1. The van der Waals surface area contributed by atoms with Gasteiger partial charge in [0.25, 0.3) is 0 Å². The lowest BCUT2D eigenvalue weighted by Gasteiger charge is -2.38. The minimum absolute atomic E-state index is 0.616. The molecule has 1 spiro atoms. The highest BCUT2D eigenvalue weighted by atomic mass is 15.3. The molecule has 2 fully saturated rings. The van der Waals surface area contributed by atoms with Gasteiger partial charge >= 0.3 is 0 Å². The molecule has 1 aromatic heterocycles. The standard InChI is InChI=1S/C20H29N5/c1-2-21-19(25-14-12-20(15-25)10-6-11-20)22-13-5-9-18-23-16-7-3-4-8-17(16)24-18/h3-4,7-8H,2,5-6,9-15H2,1H3,(H,21,22)(H,23,24). The molecule has 5 heteroatoms. The van der Waals surface area contributed by atoms with Gasteiger partial charge in [-0.1, -0.05) is 18.6 Å². The van der Waals surface area contributed by atoms with E-state index in [0.29, 0.717) is 5.41 Å². The van der Waals surface area contributed by atoms with E-state index >= 15 is 0 Å². The van der Waals surface area contributed by atoms with Crippen molar-refractivity contribution in [1.82, 2.24) is 20.2 Å². The molecule has 0 bridgehead atoms. The zero-order valence-corrected chi connectivity index (χ0v) is 15.2. The van der Waals surface area contributed by atoms with E-state index in [-0.39, 0.29) is 0 Å². The summed E-state index contributed by atoms with van der Waals surface area (Å²) in [4.78, 5) is 15.4. The van der Waals surface area contributed by atoms with E-state index < -0.39 is 0 Å². The summed E-state index contributed by atoms with van der Waals surface area (Å²) in [5.74, 6) is 2.17. The molecule has 25 heavy (non-hydrogen) atoms. The number of H-pyrrole nitrogens is 1. The Hall–Kier alpha value is -2.04. The van der Waals surface area contributed by atoms with Crippen LogP contribution in [0.1, 0.15) is 44.9 Å². The van der Waals surface area contributed by atoms with Crippen LogP contribution in [0, 0.1) is 5.41 Å². The smallest absolute Gasteiger partial charge is 0.193 e. The normalized spacial score (nSPS) is 19.6. The summed E-state index contributed by atoms with van der Waals surface area (Å²) < 4.78 is 0. The lowest BCUT2D eigenvalue weighted by molar-refractivity contribution is 0.151. The molecule has 0 unspecified atom stereocenters. The average Bonchev–Trinajstić information content (AvgIpc) is 3.21. The first kappa shape index (κ1) is 16.4. The maximum atomic E-state index is 4.88. The lowest BCUT2D eigenvalue weighted by Crippen LogP contribution is -2.42. The fraction of sp³-hybridized carbons (Fsp3) is 0.600. The lowest BCUT2D eigenvalue weighted by atomic mass is 9.68. The van der Waals surface area contributed by atoms with Crippen molar-refractivity contribution >= 4 is 17.0 Å². The van der Waals surface area contributed by atoms with Crippen LogP contribution in [0.2, 0.25) is 0 Å². The number of hydrogen-bond donors (Lipinski definition) is 2. The number of aryl methyl sites for hydroxylation is 1. The molecule has 134 valence electrons. The van der Waals surface area contributed by atoms with E-state index in [1.54, 1.807) is 0 Å². The van der Waals surface area contributed by atoms with Gasteiger partial charge in [-0.2, -0.15) is 0 Å². The van der Waals surface area contributed by atoms with Crippen molar-refractivity contribution in [3.63, 3.8) is 0 Å². The largest absolute Gasteiger partial charge is 0.357 e. The van der Waals surface area contributed by atoms with Crippen molar-refractivity contribution in [3.8, 4) is 0 Å². The first-order valence-corrected chi connectivity index (χ1v) is 9.75. The summed E-state index contributed by atoms with van der Waals surface area (Å²) in [6, 6.07) is 8.21. The number of aromatic amines is 1.